The lowest BCUT2D eigenvalue weighted by molar-refractivity contribution is 0.792. The van der Waals surface area contributed by atoms with Crippen LogP contribution in [0.25, 0.3) is 0 Å². The average Bonchev–Trinajstić information content (AvgIpc) is 2.26. The van der Waals surface area contributed by atoms with Crippen LogP contribution in [0.3, 0.4) is 0 Å². The molecule has 0 aliphatic rings. The summed E-state index contributed by atoms with van der Waals surface area (Å²) in [7, 11) is 1.85. The Morgan fingerprint density at radius 1 is 1.07 bits per heavy atom. The zero-order valence-corrected chi connectivity index (χ0v) is 9.90. The lowest BCUT2D eigenvalue weighted by Gasteiger charge is -2.23. The Morgan fingerprint density at radius 3 is 2.00 bits per heavy atom. The van der Waals surface area contributed by atoms with E-state index in [0.717, 1.165) is 18.8 Å². The molecule has 2 N–H and O–H groups in total. The van der Waals surface area contributed by atoms with E-state index in [4.69, 9.17) is 5.84 Å². The molecule has 0 aromatic heterocycles. The predicted octanol–water partition coefficient (Wildman–Crippen LogP) is 2.23. The fraction of sp³-hybridized carbons (Fsp3) is 0.500. The van der Waals surface area contributed by atoms with E-state index in [1.807, 2.05) is 19.2 Å². The van der Waals surface area contributed by atoms with Gasteiger partial charge in [0.2, 0.25) is 0 Å². The van der Waals surface area contributed by atoms with Gasteiger partial charge in [-0.3, -0.25) is 0 Å². The van der Waals surface area contributed by atoms with Gasteiger partial charge in [0.25, 0.3) is 0 Å². The molecule has 1 aromatic carbocycles. The van der Waals surface area contributed by atoms with Crippen molar-refractivity contribution < 1.29 is 0 Å². The maximum absolute atomic E-state index is 5.65. The van der Waals surface area contributed by atoms with Gasteiger partial charge in [-0.1, -0.05) is 6.92 Å². The van der Waals surface area contributed by atoms with E-state index in [2.05, 4.69) is 30.9 Å². The summed E-state index contributed by atoms with van der Waals surface area (Å²) in [6.07, 6.45) is 1.17. The molecule has 1 aromatic rings. The highest BCUT2D eigenvalue weighted by Gasteiger charge is 2.02. The summed E-state index contributed by atoms with van der Waals surface area (Å²) in [6, 6.07) is 8.34. The standard InChI is InChI=1S/C12H21N3/c1-4-10-15(5-2)12-8-6-11(7-9-12)14(3)13/h6-9H,4-5,10,13H2,1-3H3. The van der Waals surface area contributed by atoms with Crippen LogP contribution in [-0.2, 0) is 0 Å². The van der Waals surface area contributed by atoms with E-state index in [9.17, 15) is 0 Å². The smallest absolute Gasteiger partial charge is 0.0515 e. The van der Waals surface area contributed by atoms with Crippen molar-refractivity contribution in [2.75, 3.05) is 30.0 Å². The van der Waals surface area contributed by atoms with Gasteiger partial charge in [-0.2, -0.15) is 0 Å². The number of benzene rings is 1. The van der Waals surface area contributed by atoms with E-state index < -0.39 is 0 Å². The highest BCUT2D eigenvalue weighted by atomic mass is 15.4. The Balaban J connectivity index is 2.77. The molecule has 0 atom stereocenters. The maximum Gasteiger partial charge on any atom is 0.0515 e. The molecular formula is C12H21N3. The first-order chi connectivity index (χ1) is 7.19. The average molecular weight is 207 g/mol. The fourth-order valence-corrected chi connectivity index (χ4v) is 1.64. The van der Waals surface area contributed by atoms with Crippen LogP contribution in [0.5, 0.6) is 0 Å². The van der Waals surface area contributed by atoms with E-state index in [-0.39, 0.29) is 0 Å². The van der Waals surface area contributed by atoms with E-state index in [0.29, 0.717) is 0 Å². The van der Waals surface area contributed by atoms with Crippen LogP contribution in [0.1, 0.15) is 20.3 Å². The molecule has 0 amide bonds. The lowest BCUT2D eigenvalue weighted by atomic mass is 10.2. The molecule has 3 nitrogen and oxygen atoms in total. The third kappa shape index (κ3) is 3.13. The number of anilines is 2. The van der Waals surface area contributed by atoms with Gasteiger partial charge in [-0.25, -0.2) is 5.84 Å². The van der Waals surface area contributed by atoms with Gasteiger partial charge in [0.1, 0.15) is 0 Å². The first-order valence-corrected chi connectivity index (χ1v) is 5.52. The molecule has 15 heavy (non-hydrogen) atoms. The van der Waals surface area contributed by atoms with Gasteiger partial charge < -0.3 is 9.91 Å². The third-order valence-electron chi connectivity index (χ3n) is 2.50. The van der Waals surface area contributed by atoms with Crippen LogP contribution in [0.4, 0.5) is 11.4 Å². The third-order valence-corrected chi connectivity index (χ3v) is 2.50. The summed E-state index contributed by atoms with van der Waals surface area (Å²) < 4.78 is 0. The van der Waals surface area contributed by atoms with Crippen molar-refractivity contribution in [3.8, 4) is 0 Å². The Kier molecular flexibility index (Phi) is 4.43. The van der Waals surface area contributed by atoms with Gasteiger partial charge in [-0.05, 0) is 37.6 Å². The second-order valence-corrected chi connectivity index (χ2v) is 3.71. The fourth-order valence-electron chi connectivity index (χ4n) is 1.64. The molecule has 0 aliphatic carbocycles. The number of nitrogens with zero attached hydrogens (tertiary/aromatic N) is 2. The van der Waals surface area contributed by atoms with Gasteiger partial charge in [0, 0.05) is 25.8 Å². The van der Waals surface area contributed by atoms with Gasteiger partial charge >= 0.3 is 0 Å². The normalized spacial score (nSPS) is 10.1. The number of hydrogen-bond donors (Lipinski definition) is 1. The molecule has 0 saturated carbocycles. The van der Waals surface area contributed by atoms with Crippen LogP contribution in [0.2, 0.25) is 0 Å². The molecule has 0 radical (unpaired) electrons. The number of nitrogens with two attached hydrogens (primary N) is 1. The minimum absolute atomic E-state index is 1.03. The van der Waals surface area contributed by atoms with Crippen molar-refractivity contribution >= 4 is 11.4 Å². The highest BCUT2D eigenvalue weighted by Crippen LogP contribution is 2.18. The maximum atomic E-state index is 5.65. The Bertz CT molecular complexity index is 279. The Morgan fingerprint density at radius 2 is 1.60 bits per heavy atom. The quantitative estimate of drug-likeness (QED) is 0.593. The number of rotatable bonds is 5. The van der Waals surface area contributed by atoms with Crippen molar-refractivity contribution in [3.63, 3.8) is 0 Å². The monoisotopic (exact) mass is 207 g/mol. The Labute approximate surface area is 92.5 Å². The predicted molar refractivity (Wildman–Crippen MR) is 67.2 cm³/mol. The molecule has 0 aliphatic heterocycles. The molecule has 1 rings (SSSR count). The molecule has 0 unspecified atom stereocenters. The molecule has 0 heterocycles. The summed E-state index contributed by atoms with van der Waals surface area (Å²) in [6.45, 7) is 6.53. The molecule has 0 spiro atoms. The summed E-state index contributed by atoms with van der Waals surface area (Å²) in [5, 5.41) is 1.62. The molecular weight excluding hydrogens is 186 g/mol. The summed E-state index contributed by atoms with van der Waals surface area (Å²) >= 11 is 0. The minimum atomic E-state index is 1.03. The first kappa shape index (κ1) is 11.9. The van der Waals surface area contributed by atoms with Gasteiger partial charge in [0.05, 0.1) is 5.69 Å². The van der Waals surface area contributed by atoms with Crippen LogP contribution in [-0.4, -0.2) is 20.1 Å². The topological polar surface area (TPSA) is 32.5 Å². The summed E-state index contributed by atoms with van der Waals surface area (Å²) in [5.74, 6) is 5.65. The molecule has 84 valence electrons. The van der Waals surface area contributed by atoms with E-state index in [1.54, 1.807) is 5.01 Å². The largest absolute Gasteiger partial charge is 0.372 e. The zero-order valence-electron chi connectivity index (χ0n) is 9.90. The van der Waals surface area contributed by atoms with Crippen molar-refractivity contribution in [3.05, 3.63) is 24.3 Å². The number of hydrazine groups is 1. The Hall–Kier alpha value is -1.22. The second-order valence-electron chi connectivity index (χ2n) is 3.71. The van der Waals surface area contributed by atoms with Crippen LogP contribution in [0, 0.1) is 0 Å². The van der Waals surface area contributed by atoms with E-state index >= 15 is 0 Å². The summed E-state index contributed by atoms with van der Waals surface area (Å²) in [5.41, 5.74) is 2.30. The van der Waals surface area contributed by atoms with Crippen LogP contribution >= 0.6 is 0 Å². The van der Waals surface area contributed by atoms with Crippen LogP contribution in [0.15, 0.2) is 24.3 Å². The lowest BCUT2D eigenvalue weighted by Crippen LogP contribution is -2.26. The number of hydrogen-bond acceptors (Lipinski definition) is 3. The highest BCUT2D eigenvalue weighted by molar-refractivity contribution is 5.55. The summed E-state index contributed by atoms with van der Waals surface area (Å²) in [4.78, 5) is 2.36. The van der Waals surface area contributed by atoms with Gasteiger partial charge in [-0.15, -0.1) is 0 Å². The van der Waals surface area contributed by atoms with Gasteiger partial charge in [0.15, 0.2) is 0 Å². The SMILES string of the molecule is CCCN(CC)c1ccc(N(C)N)cc1. The van der Waals surface area contributed by atoms with Crippen LogP contribution < -0.4 is 15.8 Å². The minimum Gasteiger partial charge on any atom is -0.372 e. The van der Waals surface area contributed by atoms with Crippen molar-refractivity contribution in [1.29, 1.82) is 0 Å². The second kappa shape index (κ2) is 5.61. The molecule has 0 saturated heterocycles. The molecule has 0 bridgehead atoms. The van der Waals surface area contributed by atoms with Crippen molar-refractivity contribution in [2.24, 2.45) is 5.84 Å². The first-order valence-electron chi connectivity index (χ1n) is 5.52. The molecule has 3 heteroatoms. The molecule has 0 fully saturated rings. The van der Waals surface area contributed by atoms with E-state index in [1.165, 1.54) is 12.1 Å². The van der Waals surface area contributed by atoms with Crippen molar-refractivity contribution in [1.82, 2.24) is 0 Å². The zero-order chi connectivity index (χ0) is 11.3. The van der Waals surface area contributed by atoms with Crippen molar-refractivity contribution in [2.45, 2.75) is 20.3 Å².